The molecule has 19 heavy (non-hydrogen) atoms. The fraction of sp³-hybridized carbons (Fsp3) is 1.00. The summed E-state index contributed by atoms with van der Waals surface area (Å²) in [5.74, 6) is 0. The molecule has 0 N–H and O–H groups in total. The summed E-state index contributed by atoms with van der Waals surface area (Å²) in [6, 6.07) is 0. The summed E-state index contributed by atoms with van der Waals surface area (Å²) in [6.07, 6.45) is 0. The van der Waals surface area contributed by atoms with Crippen molar-refractivity contribution in [2.75, 3.05) is 0 Å². The molecule has 0 heterocycles. The molecule has 0 atom stereocenters. The van der Waals surface area contributed by atoms with E-state index in [9.17, 15) is 0 Å². The Kier molecular flexibility index (Phi) is 12.6. The normalized spacial score (nSPS) is 13.3. The van der Waals surface area contributed by atoms with E-state index in [4.69, 9.17) is 9.30 Å². The van der Waals surface area contributed by atoms with Gasteiger partial charge in [0.15, 0.2) is 0 Å². The van der Waals surface area contributed by atoms with E-state index >= 15 is 0 Å². The maximum atomic E-state index is 4.82. The summed E-state index contributed by atoms with van der Waals surface area (Å²) in [4.78, 5) is 0. The van der Waals surface area contributed by atoms with Crippen LogP contribution in [0, 0.1) is 0 Å². The smallest absolute Gasteiger partial charge is 0.668 e. The fourth-order valence-corrected chi connectivity index (χ4v) is 18.1. The SMILES string of the molecule is C[Si](C)(C)[N-][Si](C)(C)C.C[Si](C)(C)[N-][Si](C)(C)C.[Ca+2]. The van der Waals surface area contributed by atoms with Crippen molar-refractivity contribution in [2.24, 2.45) is 0 Å². The minimum absolute atomic E-state index is 0. The van der Waals surface area contributed by atoms with E-state index in [1.165, 1.54) is 0 Å². The molecule has 0 fully saturated rings. The van der Waals surface area contributed by atoms with Crippen LogP contribution in [-0.4, -0.2) is 70.7 Å². The average molecular weight is 361 g/mol. The molecule has 0 rings (SSSR count). The molecule has 0 unspecified atom stereocenters. The van der Waals surface area contributed by atoms with Gasteiger partial charge in [-0.2, -0.15) is 0 Å². The van der Waals surface area contributed by atoms with Gasteiger partial charge in [0.1, 0.15) is 0 Å². The van der Waals surface area contributed by atoms with Crippen LogP contribution in [0.2, 0.25) is 78.6 Å². The average Bonchev–Trinajstić information content (AvgIpc) is 1.64. The van der Waals surface area contributed by atoms with Gasteiger partial charge in [-0.3, -0.25) is 0 Å². The van der Waals surface area contributed by atoms with Gasteiger partial charge in [-0.25, -0.2) is 0 Å². The second-order valence-electron chi connectivity index (χ2n) is 8.91. The fourth-order valence-electron chi connectivity index (χ4n) is 2.01. The van der Waals surface area contributed by atoms with Crippen LogP contribution >= 0.6 is 0 Å². The molecule has 0 spiro atoms. The third-order valence-electron chi connectivity index (χ3n) is 1.34. The topological polar surface area (TPSA) is 28.2 Å². The summed E-state index contributed by atoms with van der Waals surface area (Å²) >= 11 is 0. The van der Waals surface area contributed by atoms with Gasteiger partial charge < -0.3 is 9.30 Å². The number of hydrogen-bond acceptors (Lipinski definition) is 0. The molecule has 0 aromatic carbocycles. The molecule has 0 aromatic heterocycles. The van der Waals surface area contributed by atoms with Gasteiger partial charge in [-0.05, 0) is 0 Å². The molecule has 0 aliphatic rings. The summed E-state index contributed by atoms with van der Waals surface area (Å²) in [6.45, 7) is 27.6. The van der Waals surface area contributed by atoms with Crippen LogP contribution < -0.4 is 0 Å². The Hall–Kier alpha value is 2.05. The van der Waals surface area contributed by atoms with E-state index in [1.54, 1.807) is 0 Å². The van der Waals surface area contributed by atoms with Gasteiger partial charge in [0.05, 0.1) is 0 Å². The van der Waals surface area contributed by atoms with Crippen molar-refractivity contribution in [1.82, 2.24) is 0 Å². The molecule has 0 aromatic rings. The van der Waals surface area contributed by atoms with Gasteiger partial charge in [0.25, 0.3) is 0 Å². The van der Waals surface area contributed by atoms with Crippen molar-refractivity contribution >= 4 is 70.7 Å². The summed E-state index contributed by atoms with van der Waals surface area (Å²) in [7, 11) is -4.42. The van der Waals surface area contributed by atoms with E-state index in [1.807, 2.05) is 0 Å². The predicted molar refractivity (Wildman–Crippen MR) is 106 cm³/mol. The molecule has 2 nitrogen and oxygen atoms in total. The van der Waals surface area contributed by atoms with Crippen molar-refractivity contribution in [2.45, 2.75) is 78.6 Å². The van der Waals surface area contributed by atoms with Crippen LogP contribution in [0.25, 0.3) is 9.30 Å². The molecule has 0 saturated carbocycles. The van der Waals surface area contributed by atoms with Crippen LogP contribution in [0.15, 0.2) is 0 Å². The molecule has 0 aliphatic heterocycles. The zero-order valence-corrected chi connectivity index (χ0v) is 21.8. The number of hydrogen-bond donors (Lipinski definition) is 0. The quantitative estimate of drug-likeness (QED) is 0.577. The van der Waals surface area contributed by atoms with Crippen LogP contribution in [0.3, 0.4) is 0 Å². The molecule has 0 aliphatic carbocycles. The molecule has 112 valence electrons. The van der Waals surface area contributed by atoms with Crippen LogP contribution in [-0.2, 0) is 0 Å². The minimum atomic E-state index is -1.11. The van der Waals surface area contributed by atoms with Gasteiger partial charge in [-0.15, -0.1) is 0 Å². The first-order valence-corrected chi connectivity index (χ1v) is 20.7. The summed E-state index contributed by atoms with van der Waals surface area (Å²) in [5.41, 5.74) is 0. The summed E-state index contributed by atoms with van der Waals surface area (Å²) < 4.78 is 9.64. The molecule has 0 bridgehead atoms. The second kappa shape index (κ2) is 9.25. The van der Waals surface area contributed by atoms with E-state index in [0.29, 0.717) is 0 Å². The number of nitrogens with zero attached hydrogens (tertiary/aromatic N) is 2. The van der Waals surface area contributed by atoms with Gasteiger partial charge in [0, 0.05) is 0 Å². The second-order valence-corrected chi connectivity index (χ2v) is 28.1. The Bertz CT molecular complexity index is 184. The number of rotatable bonds is 4. The monoisotopic (exact) mass is 360 g/mol. The summed E-state index contributed by atoms with van der Waals surface area (Å²) in [5, 5.41) is 0. The van der Waals surface area contributed by atoms with Crippen molar-refractivity contribution < 1.29 is 0 Å². The largest absolute Gasteiger partial charge is 2.00 e. The zero-order chi connectivity index (χ0) is 15.4. The third-order valence-corrected chi connectivity index (χ3v) is 12.1. The van der Waals surface area contributed by atoms with Crippen molar-refractivity contribution in [3.05, 3.63) is 9.30 Å². The van der Waals surface area contributed by atoms with E-state index < -0.39 is 32.9 Å². The predicted octanol–water partition coefficient (Wildman–Crippen LogP) is 5.68. The Morgan fingerprint density at radius 2 is 0.474 bits per heavy atom. The van der Waals surface area contributed by atoms with Crippen molar-refractivity contribution in [1.29, 1.82) is 0 Å². The molecule has 0 amide bonds. The van der Waals surface area contributed by atoms with Gasteiger partial charge in [-0.1, -0.05) is 112 Å². The Labute approximate surface area is 157 Å². The van der Waals surface area contributed by atoms with Crippen molar-refractivity contribution in [3.63, 3.8) is 0 Å². The molecular formula is C12H36CaN2Si4. The zero-order valence-electron chi connectivity index (χ0n) is 15.6. The Morgan fingerprint density at radius 3 is 0.474 bits per heavy atom. The maximum Gasteiger partial charge on any atom is 2.00 e. The van der Waals surface area contributed by atoms with Crippen LogP contribution in [0.1, 0.15) is 0 Å². The molecule has 7 heteroatoms. The van der Waals surface area contributed by atoms with Gasteiger partial charge in [0.2, 0.25) is 0 Å². The Balaban J connectivity index is -0.000000256. The minimum Gasteiger partial charge on any atom is -0.668 e. The van der Waals surface area contributed by atoms with Gasteiger partial charge >= 0.3 is 37.7 Å². The van der Waals surface area contributed by atoms with E-state index in [2.05, 4.69) is 78.6 Å². The van der Waals surface area contributed by atoms with E-state index in [-0.39, 0.29) is 37.7 Å². The maximum absolute atomic E-state index is 4.82. The first-order valence-electron chi connectivity index (χ1n) is 6.89. The molecular weight excluding hydrogens is 325 g/mol. The third kappa shape index (κ3) is 33.1. The van der Waals surface area contributed by atoms with Crippen LogP contribution in [0.5, 0.6) is 0 Å². The van der Waals surface area contributed by atoms with Crippen LogP contribution in [0.4, 0.5) is 0 Å². The van der Waals surface area contributed by atoms with Crippen molar-refractivity contribution in [3.8, 4) is 0 Å². The first kappa shape index (κ1) is 26.0. The Morgan fingerprint density at radius 1 is 0.368 bits per heavy atom. The molecule has 0 saturated heterocycles. The standard InChI is InChI=1S/2C6H18NSi2.Ca/c2*1-8(2,3)7-9(4,5)6;/h2*1-6H3;/q2*-1;+2. The van der Waals surface area contributed by atoms with E-state index in [0.717, 1.165) is 0 Å². The molecule has 0 radical (unpaired) electrons. The first-order chi connectivity index (χ1) is 7.41.